The number of benzene rings is 1. The van der Waals surface area contributed by atoms with Crippen molar-refractivity contribution >= 4 is 22.6 Å². The molecule has 0 aliphatic rings. The van der Waals surface area contributed by atoms with E-state index in [0.29, 0.717) is 23.3 Å². The molecule has 0 bridgehead atoms. The van der Waals surface area contributed by atoms with E-state index in [2.05, 4.69) is 15.4 Å². The van der Waals surface area contributed by atoms with E-state index in [1.54, 1.807) is 35.1 Å². The second kappa shape index (κ2) is 7.51. The Hall–Kier alpha value is -2.96. The number of hydrogen-bond donors (Lipinski definition) is 1. The maximum atomic E-state index is 13.0. The van der Waals surface area contributed by atoms with Gasteiger partial charge in [0, 0.05) is 12.6 Å². The highest BCUT2D eigenvalue weighted by molar-refractivity contribution is 5.93. The van der Waals surface area contributed by atoms with Crippen molar-refractivity contribution in [2.24, 2.45) is 5.92 Å². The minimum absolute atomic E-state index is 0.0850. The molecule has 0 aliphatic heterocycles. The van der Waals surface area contributed by atoms with Crippen LogP contribution in [0.3, 0.4) is 0 Å². The molecule has 0 spiro atoms. The molecular formula is C19H23N5O2. The maximum Gasteiger partial charge on any atom is 0.261 e. The molecule has 7 heteroatoms. The van der Waals surface area contributed by atoms with Crippen LogP contribution in [-0.4, -0.2) is 25.2 Å². The number of nitrogens with zero attached hydrogens (tertiary/aromatic N) is 4. The Balaban J connectivity index is 1.97. The van der Waals surface area contributed by atoms with Crippen molar-refractivity contribution in [2.75, 3.05) is 5.32 Å². The third-order valence-corrected chi connectivity index (χ3v) is 4.29. The first kappa shape index (κ1) is 17.8. The highest BCUT2D eigenvalue weighted by atomic mass is 16.2. The van der Waals surface area contributed by atoms with Gasteiger partial charge in [-0.1, -0.05) is 32.9 Å². The van der Waals surface area contributed by atoms with Gasteiger partial charge in [-0.25, -0.2) is 9.67 Å². The highest BCUT2D eigenvalue weighted by Gasteiger charge is 2.26. The van der Waals surface area contributed by atoms with Crippen molar-refractivity contribution in [2.45, 2.75) is 39.8 Å². The number of aromatic nitrogens is 4. The molecule has 2 heterocycles. The normalized spacial score (nSPS) is 12.5. The van der Waals surface area contributed by atoms with Crippen molar-refractivity contribution in [3.05, 3.63) is 53.2 Å². The summed E-state index contributed by atoms with van der Waals surface area (Å²) >= 11 is 0. The van der Waals surface area contributed by atoms with Gasteiger partial charge < -0.3 is 5.32 Å². The van der Waals surface area contributed by atoms with Crippen molar-refractivity contribution in [1.82, 2.24) is 19.3 Å². The standard InChI is InChI=1S/C19H23N5O2/c1-4-11-24-16(9-10-21-24)22-18(25)17(13(2)3)23-12-20-15-8-6-5-7-14(15)19(23)26/h5-10,12-13,17H,4,11H2,1-3H3,(H,22,25). The molecular weight excluding hydrogens is 330 g/mol. The van der Waals surface area contributed by atoms with Crippen LogP contribution >= 0.6 is 0 Å². The molecule has 1 unspecified atom stereocenters. The molecule has 26 heavy (non-hydrogen) atoms. The number of rotatable bonds is 6. The minimum Gasteiger partial charge on any atom is -0.309 e. The lowest BCUT2D eigenvalue weighted by Crippen LogP contribution is -2.37. The summed E-state index contributed by atoms with van der Waals surface area (Å²) in [7, 11) is 0. The first-order valence-corrected chi connectivity index (χ1v) is 8.81. The molecule has 3 rings (SSSR count). The van der Waals surface area contributed by atoms with Gasteiger partial charge in [0.25, 0.3) is 5.56 Å². The minimum atomic E-state index is -0.662. The maximum absolute atomic E-state index is 13.0. The van der Waals surface area contributed by atoms with Gasteiger partial charge in [0.1, 0.15) is 11.9 Å². The Morgan fingerprint density at radius 2 is 2.00 bits per heavy atom. The molecule has 1 atom stereocenters. The smallest absolute Gasteiger partial charge is 0.261 e. The van der Waals surface area contributed by atoms with Gasteiger partial charge in [-0.05, 0) is 24.5 Å². The summed E-state index contributed by atoms with van der Waals surface area (Å²) in [6.07, 6.45) is 4.02. The van der Waals surface area contributed by atoms with Gasteiger partial charge in [-0.2, -0.15) is 5.10 Å². The predicted molar refractivity (Wildman–Crippen MR) is 101 cm³/mol. The number of hydrogen-bond acceptors (Lipinski definition) is 4. The predicted octanol–water partition coefficient (Wildman–Crippen LogP) is 2.84. The molecule has 1 N–H and O–H groups in total. The van der Waals surface area contributed by atoms with E-state index in [4.69, 9.17) is 0 Å². The first-order valence-electron chi connectivity index (χ1n) is 8.81. The number of aryl methyl sites for hydroxylation is 1. The van der Waals surface area contributed by atoms with Crippen LogP contribution in [-0.2, 0) is 11.3 Å². The lowest BCUT2D eigenvalue weighted by Gasteiger charge is -2.22. The fraction of sp³-hybridized carbons (Fsp3) is 0.368. The molecule has 0 aliphatic carbocycles. The Labute approximate surface area is 151 Å². The number of nitrogens with one attached hydrogen (secondary N) is 1. The number of carbonyl (C=O) groups excluding carboxylic acids is 1. The summed E-state index contributed by atoms with van der Waals surface area (Å²) in [5.41, 5.74) is 0.407. The largest absolute Gasteiger partial charge is 0.309 e. The van der Waals surface area contributed by atoms with Crippen molar-refractivity contribution in [3.8, 4) is 0 Å². The molecule has 1 amide bonds. The summed E-state index contributed by atoms with van der Waals surface area (Å²) in [6.45, 7) is 6.58. The Morgan fingerprint density at radius 3 is 2.73 bits per heavy atom. The lowest BCUT2D eigenvalue weighted by molar-refractivity contribution is -0.120. The van der Waals surface area contributed by atoms with E-state index >= 15 is 0 Å². The summed E-state index contributed by atoms with van der Waals surface area (Å²) in [5.74, 6) is 0.291. The zero-order valence-corrected chi connectivity index (χ0v) is 15.2. The SMILES string of the molecule is CCCn1nccc1NC(=O)C(C(C)C)n1cnc2ccccc2c1=O. The van der Waals surface area contributed by atoms with E-state index in [1.165, 1.54) is 10.9 Å². The quantitative estimate of drug-likeness (QED) is 0.739. The molecule has 0 fully saturated rings. The van der Waals surface area contributed by atoms with E-state index in [0.717, 1.165) is 6.42 Å². The van der Waals surface area contributed by atoms with Gasteiger partial charge >= 0.3 is 0 Å². The van der Waals surface area contributed by atoms with Crippen molar-refractivity contribution in [3.63, 3.8) is 0 Å². The van der Waals surface area contributed by atoms with E-state index < -0.39 is 6.04 Å². The van der Waals surface area contributed by atoms with Crippen LogP contribution < -0.4 is 10.9 Å². The molecule has 136 valence electrons. The third kappa shape index (κ3) is 3.37. The number of carbonyl (C=O) groups is 1. The highest BCUT2D eigenvalue weighted by Crippen LogP contribution is 2.20. The number of amides is 1. The molecule has 0 saturated carbocycles. The van der Waals surface area contributed by atoms with Crippen LogP contribution in [0.25, 0.3) is 10.9 Å². The summed E-state index contributed by atoms with van der Waals surface area (Å²) < 4.78 is 3.17. The van der Waals surface area contributed by atoms with Gasteiger partial charge in [0.05, 0.1) is 23.4 Å². The van der Waals surface area contributed by atoms with Gasteiger partial charge in [0.15, 0.2) is 0 Å². The van der Waals surface area contributed by atoms with Crippen LogP contribution in [0, 0.1) is 5.92 Å². The second-order valence-electron chi connectivity index (χ2n) is 6.59. The van der Waals surface area contributed by atoms with E-state index in [9.17, 15) is 9.59 Å². The number of anilines is 1. The van der Waals surface area contributed by atoms with Crippen LogP contribution in [0.5, 0.6) is 0 Å². The fourth-order valence-corrected chi connectivity index (χ4v) is 3.06. The molecule has 0 saturated heterocycles. The monoisotopic (exact) mass is 353 g/mol. The molecule has 3 aromatic rings. The van der Waals surface area contributed by atoms with E-state index in [1.807, 2.05) is 26.8 Å². The molecule has 1 aromatic carbocycles. The Bertz CT molecular complexity index is 973. The fourth-order valence-electron chi connectivity index (χ4n) is 3.06. The number of para-hydroxylation sites is 1. The zero-order chi connectivity index (χ0) is 18.7. The first-order chi connectivity index (χ1) is 12.5. The van der Waals surface area contributed by atoms with Crippen LogP contribution in [0.2, 0.25) is 0 Å². The Morgan fingerprint density at radius 1 is 1.23 bits per heavy atom. The van der Waals surface area contributed by atoms with Crippen molar-refractivity contribution in [1.29, 1.82) is 0 Å². The lowest BCUT2D eigenvalue weighted by atomic mass is 10.0. The molecule has 2 aromatic heterocycles. The summed E-state index contributed by atoms with van der Waals surface area (Å²) in [5, 5.41) is 7.62. The van der Waals surface area contributed by atoms with Crippen LogP contribution in [0.15, 0.2) is 47.7 Å². The third-order valence-electron chi connectivity index (χ3n) is 4.29. The van der Waals surface area contributed by atoms with Crippen LogP contribution in [0.1, 0.15) is 33.2 Å². The average Bonchev–Trinajstić information content (AvgIpc) is 3.04. The zero-order valence-electron chi connectivity index (χ0n) is 15.2. The summed E-state index contributed by atoms with van der Waals surface area (Å²) in [6, 6.07) is 8.24. The van der Waals surface area contributed by atoms with Crippen LogP contribution in [0.4, 0.5) is 5.82 Å². The Kier molecular flexibility index (Phi) is 5.16. The van der Waals surface area contributed by atoms with Gasteiger partial charge in [-0.15, -0.1) is 0 Å². The molecule has 7 nitrogen and oxygen atoms in total. The second-order valence-corrected chi connectivity index (χ2v) is 6.59. The average molecular weight is 353 g/mol. The summed E-state index contributed by atoms with van der Waals surface area (Å²) in [4.78, 5) is 30.2. The van der Waals surface area contributed by atoms with Gasteiger partial charge in [0.2, 0.25) is 5.91 Å². The van der Waals surface area contributed by atoms with Gasteiger partial charge in [-0.3, -0.25) is 14.2 Å². The molecule has 0 radical (unpaired) electrons. The van der Waals surface area contributed by atoms with Crippen molar-refractivity contribution < 1.29 is 4.79 Å². The van der Waals surface area contributed by atoms with E-state index in [-0.39, 0.29) is 17.4 Å². The number of fused-ring (bicyclic) bond motifs is 1. The topological polar surface area (TPSA) is 81.8 Å².